The van der Waals surface area contributed by atoms with E-state index in [1.54, 1.807) is 31.0 Å². The molecule has 1 aromatic carbocycles. The molecule has 0 spiro atoms. The standard InChI is InChI=1S/C15H19FO2S/c1-18-9-4-10-19-12-13-6-7-15(16)14(11-13)5-2-3-8-17/h6-7,11,17H,3-4,8-10,12H2,1H3. The van der Waals surface area contributed by atoms with Gasteiger partial charge >= 0.3 is 0 Å². The number of aliphatic hydroxyl groups excluding tert-OH is 1. The van der Waals surface area contributed by atoms with E-state index in [1.807, 2.05) is 0 Å². The molecule has 0 saturated heterocycles. The van der Waals surface area contributed by atoms with Crippen LogP contribution < -0.4 is 0 Å². The molecule has 2 nitrogen and oxygen atoms in total. The summed E-state index contributed by atoms with van der Waals surface area (Å²) in [7, 11) is 1.70. The fraction of sp³-hybridized carbons (Fsp3) is 0.467. The van der Waals surface area contributed by atoms with E-state index in [-0.39, 0.29) is 12.4 Å². The second-order valence-electron chi connectivity index (χ2n) is 3.99. The molecule has 1 N–H and O–H groups in total. The van der Waals surface area contributed by atoms with Gasteiger partial charge in [-0.15, -0.1) is 0 Å². The van der Waals surface area contributed by atoms with Gasteiger partial charge in [0.05, 0.1) is 12.2 Å². The molecule has 0 aliphatic carbocycles. The zero-order valence-corrected chi connectivity index (χ0v) is 11.9. The Kier molecular flexibility index (Phi) is 8.31. The summed E-state index contributed by atoms with van der Waals surface area (Å²) in [5.74, 6) is 7.05. The summed E-state index contributed by atoms with van der Waals surface area (Å²) >= 11 is 1.80. The Balaban J connectivity index is 2.51. The molecule has 0 unspecified atom stereocenters. The maximum Gasteiger partial charge on any atom is 0.138 e. The van der Waals surface area contributed by atoms with E-state index in [2.05, 4.69) is 11.8 Å². The lowest BCUT2D eigenvalue weighted by atomic mass is 10.1. The first-order valence-corrected chi connectivity index (χ1v) is 7.38. The molecule has 0 aliphatic rings. The minimum absolute atomic E-state index is 0.00363. The van der Waals surface area contributed by atoms with Gasteiger partial charge in [0.15, 0.2) is 0 Å². The molecule has 1 rings (SSSR count). The largest absolute Gasteiger partial charge is 0.395 e. The molecule has 19 heavy (non-hydrogen) atoms. The second-order valence-corrected chi connectivity index (χ2v) is 5.09. The number of aliphatic hydroxyl groups is 1. The highest BCUT2D eigenvalue weighted by Crippen LogP contribution is 2.16. The van der Waals surface area contributed by atoms with Crippen LogP contribution in [-0.2, 0) is 10.5 Å². The second kappa shape index (κ2) is 9.85. The van der Waals surface area contributed by atoms with Crippen LogP contribution in [0, 0.1) is 17.7 Å². The average Bonchev–Trinajstić information content (AvgIpc) is 2.42. The van der Waals surface area contributed by atoms with Crippen molar-refractivity contribution in [2.24, 2.45) is 0 Å². The van der Waals surface area contributed by atoms with Gasteiger partial charge in [0, 0.05) is 25.9 Å². The predicted molar refractivity (Wildman–Crippen MR) is 77.6 cm³/mol. The van der Waals surface area contributed by atoms with E-state index in [9.17, 15) is 4.39 Å². The van der Waals surface area contributed by atoms with Crippen LogP contribution in [0.3, 0.4) is 0 Å². The van der Waals surface area contributed by atoms with E-state index in [0.717, 1.165) is 30.1 Å². The maximum atomic E-state index is 13.5. The third-order valence-electron chi connectivity index (χ3n) is 2.40. The van der Waals surface area contributed by atoms with Gasteiger partial charge in [-0.05, 0) is 29.9 Å². The van der Waals surface area contributed by atoms with Gasteiger partial charge in [-0.25, -0.2) is 4.39 Å². The molecule has 0 aromatic heterocycles. The van der Waals surface area contributed by atoms with Crippen LogP contribution in [0.25, 0.3) is 0 Å². The number of rotatable bonds is 7. The van der Waals surface area contributed by atoms with Crippen LogP contribution in [0.5, 0.6) is 0 Å². The lowest BCUT2D eigenvalue weighted by Gasteiger charge is -2.03. The van der Waals surface area contributed by atoms with E-state index < -0.39 is 0 Å². The third-order valence-corrected chi connectivity index (χ3v) is 3.51. The number of hydrogen-bond acceptors (Lipinski definition) is 3. The number of thioether (sulfide) groups is 1. The molecule has 0 radical (unpaired) electrons. The van der Waals surface area contributed by atoms with Crippen molar-refractivity contribution in [3.8, 4) is 11.8 Å². The van der Waals surface area contributed by atoms with Crippen molar-refractivity contribution in [3.05, 3.63) is 35.1 Å². The highest BCUT2D eigenvalue weighted by molar-refractivity contribution is 7.98. The highest BCUT2D eigenvalue weighted by atomic mass is 32.2. The summed E-state index contributed by atoms with van der Waals surface area (Å²) in [6.07, 6.45) is 1.39. The van der Waals surface area contributed by atoms with Gasteiger partial charge in [0.2, 0.25) is 0 Å². The van der Waals surface area contributed by atoms with Crippen LogP contribution in [0.2, 0.25) is 0 Å². The Hall–Kier alpha value is -1.02. The van der Waals surface area contributed by atoms with Crippen molar-refractivity contribution in [3.63, 3.8) is 0 Å². The molecular formula is C15H19FO2S. The molecule has 0 bridgehead atoms. The molecule has 0 atom stereocenters. The Morgan fingerprint density at radius 1 is 1.42 bits per heavy atom. The third kappa shape index (κ3) is 6.63. The highest BCUT2D eigenvalue weighted by Gasteiger charge is 2.01. The summed E-state index contributed by atoms with van der Waals surface area (Å²) in [5.41, 5.74) is 1.47. The van der Waals surface area contributed by atoms with E-state index in [1.165, 1.54) is 6.07 Å². The normalized spacial score (nSPS) is 10.1. The quantitative estimate of drug-likeness (QED) is 0.616. The summed E-state index contributed by atoms with van der Waals surface area (Å²) in [6, 6.07) is 5.02. The SMILES string of the molecule is COCCCSCc1ccc(F)c(C#CCCO)c1. The molecule has 104 valence electrons. The van der Waals surface area contributed by atoms with Gasteiger partial charge in [0.25, 0.3) is 0 Å². The van der Waals surface area contributed by atoms with Crippen LogP contribution in [-0.4, -0.2) is 31.2 Å². The van der Waals surface area contributed by atoms with Gasteiger partial charge in [-0.1, -0.05) is 17.9 Å². The van der Waals surface area contributed by atoms with Crippen molar-refractivity contribution in [1.82, 2.24) is 0 Å². The van der Waals surface area contributed by atoms with Crippen LogP contribution in [0.1, 0.15) is 24.0 Å². The number of benzene rings is 1. The molecule has 4 heteroatoms. The van der Waals surface area contributed by atoms with Crippen molar-refractivity contribution in [1.29, 1.82) is 0 Å². The molecule has 0 amide bonds. The molecule has 0 saturated carbocycles. The first-order chi connectivity index (χ1) is 9.27. The lowest BCUT2D eigenvalue weighted by molar-refractivity contribution is 0.200. The van der Waals surface area contributed by atoms with E-state index in [0.29, 0.717) is 12.0 Å². The van der Waals surface area contributed by atoms with E-state index >= 15 is 0 Å². The fourth-order valence-electron chi connectivity index (χ4n) is 1.47. The van der Waals surface area contributed by atoms with Gasteiger partial charge in [-0.2, -0.15) is 11.8 Å². The molecule has 0 aliphatic heterocycles. The molecule has 0 fully saturated rings. The summed E-state index contributed by atoms with van der Waals surface area (Å²) in [5, 5.41) is 8.65. The maximum absolute atomic E-state index is 13.5. The Morgan fingerprint density at radius 2 is 2.26 bits per heavy atom. The minimum atomic E-state index is -0.307. The van der Waals surface area contributed by atoms with Crippen molar-refractivity contribution in [2.45, 2.75) is 18.6 Å². The van der Waals surface area contributed by atoms with Crippen LogP contribution in [0.4, 0.5) is 4.39 Å². The first kappa shape index (κ1) is 16.0. The summed E-state index contributed by atoms with van der Waals surface area (Å²) < 4.78 is 18.5. The molecule has 0 heterocycles. The Labute approximate surface area is 118 Å². The van der Waals surface area contributed by atoms with Crippen LogP contribution >= 0.6 is 11.8 Å². The number of ether oxygens (including phenoxy) is 1. The van der Waals surface area contributed by atoms with Gasteiger partial charge in [-0.3, -0.25) is 0 Å². The summed E-state index contributed by atoms with van der Waals surface area (Å²) in [4.78, 5) is 0. The van der Waals surface area contributed by atoms with Gasteiger partial charge < -0.3 is 9.84 Å². The lowest BCUT2D eigenvalue weighted by Crippen LogP contribution is -1.92. The number of halogens is 1. The zero-order valence-electron chi connectivity index (χ0n) is 11.1. The van der Waals surface area contributed by atoms with Gasteiger partial charge in [0.1, 0.15) is 5.82 Å². The van der Waals surface area contributed by atoms with E-state index in [4.69, 9.17) is 9.84 Å². The van der Waals surface area contributed by atoms with Crippen LogP contribution in [0.15, 0.2) is 18.2 Å². The first-order valence-electron chi connectivity index (χ1n) is 6.22. The van der Waals surface area contributed by atoms with Crippen molar-refractivity contribution < 1.29 is 14.2 Å². The number of hydrogen-bond donors (Lipinski definition) is 1. The fourth-order valence-corrected chi connectivity index (χ4v) is 2.35. The monoisotopic (exact) mass is 282 g/mol. The van der Waals surface area contributed by atoms with Crippen molar-refractivity contribution >= 4 is 11.8 Å². The Morgan fingerprint density at radius 3 is 3.00 bits per heavy atom. The van der Waals surface area contributed by atoms with Crippen molar-refractivity contribution in [2.75, 3.05) is 26.1 Å². The molecular weight excluding hydrogens is 263 g/mol. The summed E-state index contributed by atoms with van der Waals surface area (Å²) in [6.45, 7) is 0.776. The number of methoxy groups -OCH3 is 1. The smallest absolute Gasteiger partial charge is 0.138 e. The Bertz CT molecular complexity index is 438. The average molecular weight is 282 g/mol. The predicted octanol–water partition coefficient (Wildman–Crippen LogP) is 2.83. The zero-order chi connectivity index (χ0) is 13.9. The topological polar surface area (TPSA) is 29.5 Å². The minimum Gasteiger partial charge on any atom is -0.395 e. The molecule has 1 aromatic rings.